The largest absolute Gasteiger partial charge is 0.326 e. The van der Waals surface area contributed by atoms with Gasteiger partial charge in [0.15, 0.2) is 0 Å². The molecular weight excluding hydrogens is 354 g/mol. The number of para-hydroxylation sites is 1. The van der Waals surface area contributed by atoms with Gasteiger partial charge in [0, 0.05) is 12.1 Å². The number of nitrogens with zero attached hydrogens (tertiary/aromatic N) is 1. The van der Waals surface area contributed by atoms with E-state index in [9.17, 15) is 18.0 Å². The van der Waals surface area contributed by atoms with Gasteiger partial charge in [-0.15, -0.1) is 0 Å². The molecule has 1 aliphatic heterocycles. The fraction of sp³-hybridized carbons (Fsp3) is 0.167. The Morgan fingerprint density at radius 3 is 2.65 bits per heavy atom. The summed E-state index contributed by atoms with van der Waals surface area (Å²) in [4.78, 5) is 24.3. The Labute approximate surface area is 150 Å². The number of amides is 2. The Morgan fingerprint density at radius 1 is 1.19 bits per heavy atom. The number of carbonyl (C=O) groups is 2. The topological polar surface area (TPSA) is 116 Å². The smallest absolute Gasteiger partial charge is 0.241 e. The molecule has 0 aliphatic carbocycles. The van der Waals surface area contributed by atoms with E-state index < -0.39 is 27.6 Å². The van der Waals surface area contributed by atoms with E-state index in [1.807, 2.05) is 10.8 Å². The van der Waals surface area contributed by atoms with Crippen molar-refractivity contribution in [2.75, 3.05) is 5.32 Å². The van der Waals surface area contributed by atoms with E-state index in [2.05, 4.69) is 5.32 Å². The highest BCUT2D eigenvalue weighted by atomic mass is 32.2. The molecular formula is C18H15N3O4S. The quantitative estimate of drug-likeness (QED) is 0.850. The molecule has 1 aliphatic rings. The number of hydrogen-bond donors (Lipinski definition) is 2. The lowest BCUT2D eigenvalue weighted by Gasteiger charge is -2.24. The lowest BCUT2D eigenvalue weighted by molar-refractivity contribution is -0.125. The normalized spacial score (nSPS) is 16.1. The summed E-state index contributed by atoms with van der Waals surface area (Å²) in [5.74, 6) is -2.50. The first-order chi connectivity index (χ1) is 12.4. The van der Waals surface area contributed by atoms with Crippen LogP contribution in [0.2, 0.25) is 0 Å². The summed E-state index contributed by atoms with van der Waals surface area (Å²) in [7, 11) is -4.02. The van der Waals surface area contributed by atoms with Gasteiger partial charge in [-0.05, 0) is 23.3 Å². The molecule has 1 atom stereocenters. The fourth-order valence-corrected chi connectivity index (χ4v) is 4.05. The molecule has 132 valence electrons. The van der Waals surface area contributed by atoms with Crippen LogP contribution >= 0.6 is 0 Å². The number of nitrogens with one attached hydrogen (secondary N) is 2. The number of anilines is 1. The number of carbonyl (C=O) groups excluding carboxylic acids is 2. The summed E-state index contributed by atoms with van der Waals surface area (Å²) in [6.07, 6.45) is -0.132. The van der Waals surface area contributed by atoms with Crippen molar-refractivity contribution in [3.8, 4) is 6.07 Å². The number of nitriles is 1. The molecule has 2 N–H and O–H groups in total. The van der Waals surface area contributed by atoms with E-state index in [1.165, 1.54) is 12.1 Å². The van der Waals surface area contributed by atoms with Crippen LogP contribution < -0.4 is 10.0 Å². The molecule has 0 aromatic heterocycles. The van der Waals surface area contributed by atoms with Gasteiger partial charge in [-0.25, -0.2) is 8.42 Å². The van der Waals surface area contributed by atoms with Gasteiger partial charge in [0.1, 0.15) is 0 Å². The molecule has 0 bridgehead atoms. The van der Waals surface area contributed by atoms with Gasteiger partial charge in [-0.1, -0.05) is 36.4 Å². The van der Waals surface area contributed by atoms with Crippen LogP contribution in [0, 0.1) is 11.3 Å². The van der Waals surface area contributed by atoms with E-state index >= 15 is 0 Å². The van der Waals surface area contributed by atoms with Gasteiger partial charge in [0.25, 0.3) is 0 Å². The molecule has 0 fully saturated rings. The summed E-state index contributed by atoms with van der Waals surface area (Å²) in [6.45, 7) is 0. The number of sulfonamides is 1. The highest BCUT2D eigenvalue weighted by molar-refractivity contribution is 7.89. The Balaban J connectivity index is 1.81. The third-order valence-corrected chi connectivity index (χ3v) is 5.26. The Hall–Kier alpha value is -3.18. The molecule has 1 heterocycles. The number of fused-ring (bicyclic) bond motifs is 1. The first kappa shape index (κ1) is 17.6. The van der Waals surface area contributed by atoms with Crippen LogP contribution in [0.3, 0.4) is 0 Å². The summed E-state index contributed by atoms with van der Waals surface area (Å²) in [5, 5.41) is 11.7. The van der Waals surface area contributed by atoms with Gasteiger partial charge < -0.3 is 5.32 Å². The molecule has 8 heteroatoms. The Bertz CT molecular complexity index is 1020. The SMILES string of the molecule is N#Cc1ccccc1CS(=O)(=O)NC(=O)[C@@H]1CC(=O)Nc2ccccc21. The van der Waals surface area contributed by atoms with Crippen molar-refractivity contribution in [3.63, 3.8) is 0 Å². The van der Waals surface area contributed by atoms with Crippen LogP contribution in [0.4, 0.5) is 5.69 Å². The van der Waals surface area contributed by atoms with Gasteiger partial charge in [-0.3, -0.25) is 14.3 Å². The predicted octanol–water partition coefficient (Wildman–Crippen LogP) is 1.63. The van der Waals surface area contributed by atoms with E-state index in [0.717, 1.165) is 0 Å². The molecule has 2 amide bonds. The maximum atomic E-state index is 12.5. The highest BCUT2D eigenvalue weighted by Gasteiger charge is 2.32. The van der Waals surface area contributed by atoms with Crippen molar-refractivity contribution >= 4 is 27.5 Å². The average Bonchev–Trinajstić information content (AvgIpc) is 2.60. The van der Waals surface area contributed by atoms with E-state index in [0.29, 0.717) is 16.8 Å². The molecule has 0 radical (unpaired) electrons. The number of hydrogen-bond acceptors (Lipinski definition) is 5. The van der Waals surface area contributed by atoms with Gasteiger partial charge in [0.2, 0.25) is 21.8 Å². The van der Waals surface area contributed by atoms with Crippen molar-refractivity contribution < 1.29 is 18.0 Å². The zero-order chi connectivity index (χ0) is 18.7. The summed E-state index contributed by atoms with van der Waals surface area (Å²) in [5.41, 5.74) is 1.60. The zero-order valence-corrected chi connectivity index (χ0v) is 14.4. The van der Waals surface area contributed by atoms with E-state index in [1.54, 1.807) is 36.4 Å². The average molecular weight is 369 g/mol. The minimum absolute atomic E-state index is 0.132. The zero-order valence-electron chi connectivity index (χ0n) is 13.6. The van der Waals surface area contributed by atoms with Crippen molar-refractivity contribution in [3.05, 3.63) is 65.2 Å². The fourth-order valence-electron chi connectivity index (χ4n) is 2.87. The number of rotatable bonds is 4. The van der Waals surface area contributed by atoms with E-state index in [-0.39, 0.29) is 17.9 Å². The van der Waals surface area contributed by atoms with Gasteiger partial charge >= 0.3 is 0 Å². The number of benzene rings is 2. The minimum Gasteiger partial charge on any atom is -0.326 e. The van der Waals surface area contributed by atoms with Crippen molar-refractivity contribution in [2.45, 2.75) is 18.1 Å². The maximum absolute atomic E-state index is 12.5. The second kappa shape index (κ2) is 6.98. The van der Waals surface area contributed by atoms with Gasteiger partial charge in [0.05, 0.1) is 23.3 Å². The van der Waals surface area contributed by atoms with Crippen molar-refractivity contribution in [2.24, 2.45) is 0 Å². The Morgan fingerprint density at radius 2 is 1.88 bits per heavy atom. The van der Waals surface area contributed by atoms with Crippen LogP contribution in [0.25, 0.3) is 0 Å². The molecule has 0 saturated carbocycles. The van der Waals surface area contributed by atoms with E-state index in [4.69, 9.17) is 5.26 Å². The molecule has 0 spiro atoms. The summed E-state index contributed by atoms with van der Waals surface area (Å²) in [6, 6.07) is 15.0. The molecule has 0 saturated heterocycles. The highest BCUT2D eigenvalue weighted by Crippen LogP contribution is 2.32. The molecule has 2 aromatic rings. The summed E-state index contributed by atoms with van der Waals surface area (Å²) < 4.78 is 26.8. The van der Waals surface area contributed by atoms with Crippen LogP contribution in [0.5, 0.6) is 0 Å². The lowest BCUT2D eigenvalue weighted by atomic mass is 9.90. The second-order valence-electron chi connectivity index (χ2n) is 5.89. The monoisotopic (exact) mass is 369 g/mol. The van der Waals surface area contributed by atoms with Crippen LogP contribution in [0.15, 0.2) is 48.5 Å². The lowest BCUT2D eigenvalue weighted by Crippen LogP contribution is -2.38. The van der Waals surface area contributed by atoms with Crippen molar-refractivity contribution in [1.82, 2.24) is 4.72 Å². The van der Waals surface area contributed by atoms with Crippen molar-refractivity contribution in [1.29, 1.82) is 5.26 Å². The molecule has 2 aromatic carbocycles. The molecule has 3 rings (SSSR count). The third-order valence-electron chi connectivity index (χ3n) is 4.06. The standard InChI is InChI=1S/C18H15N3O4S/c19-10-12-5-1-2-6-13(12)11-26(24,25)21-18(23)15-9-17(22)20-16-8-4-3-7-14(15)16/h1-8,15H,9,11H2,(H,20,22)(H,21,23)/t15-/m1/s1. The Kier molecular flexibility index (Phi) is 4.73. The first-order valence-corrected chi connectivity index (χ1v) is 9.46. The third kappa shape index (κ3) is 3.73. The first-order valence-electron chi connectivity index (χ1n) is 7.81. The van der Waals surface area contributed by atoms with Crippen LogP contribution in [0.1, 0.15) is 29.0 Å². The minimum atomic E-state index is -4.02. The molecule has 0 unspecified atom stereocenters. The maximum Gasteiger partial charge on any atom is 0.241 e. The van der Waals surface area contributed by atoms with Crippen LogP contribution in [-0.2, 0) is 25.4 Å². The molecule has 7 nitrogen and oxygen atoms in total. The molecule has 26 heavy (non-hydrogen) atoms. The summed E-state index contributed by atoms with van der Waals surface area (Å²) >= 11 is 0. The van der Waals surface area contributed by atoms with Crippen LogP contribution in [-0.4, -0.2) is 20.2 Å². The van der Waals surface area contributed by atoms with Gasteiger partial charge in [-0.2, -0.15) is 5.26 Å². The predicted molar refractivity (Wildman–Crippen MR) is 94.4 cm³/mol. The second-order valence-corrected chi connectivity index (χ2v) is 7.61.